The summed E-state index contributed by atoms with van der Waals surface area (Å²) >= 11 is 3.88. The van der Waals surface area contributed by atoms with Gasteiger partial charge in [-0.2, -0.15) is 0 Å². The van der Waals surface area contributed by atoms with Gasteiger partial charge in [0.1, 0.15) is 5.78 Å². The third-order valence-corrected chi connectivity index (χ3v) is 8.32. The van der Waals surface area contributed by atoms with Crippen LogP contribution < -0.4 is 5.32 Å². The predicted octanol–water partition coefficient (Wildman–Crippen LogP) is 7.32. The Kier molecular flexibility index (Phi) is 8.58. The Morgan fingerprint density at radius 2 is 1.74 bits per heavy atom. The van der Waals surface area contributed by atoms with Gasteiger partial charge in [-0.1, -0.05) is 36.4 Å². The van der Waals surface area contributed by atoms with Crippen molar-refractivity contribution >= 4 is 51.3 Å². The van der Waals surface area contributed by atoms with Crippen molar-refractivity contribution in [2.24, 2.45) is 0 Å². The number of anilines is 1. The topological polar surface area (TPSA) is 72.0 Å². The normalized spacial score (nSPS) is 10.8. The second-order valence-corrected chi connectivity index (χ2v) is 11.4. The van der Waals surface area contributed by atoms with E-state index in [4.69, 9.17) is 4.98 Å². The molecule has 194 valence electrons. The largest absolute Gasteiger partial charge is 0.322 e. The van der Waals surface area contributed by atoms with Gasteiger partial charge in [-0.15, -0.1) is 11.3 Å². The number of hydrogen-bond acceptors (Lipinski definition) is 5. The SMILES string of the molecule is Cc1ccc(NC(=O)c2ccc(CC(=O)Cc3ccccc3I)cc2)cc1Cc1nc(-c2cccnc2)cs1. The van der Waals surface area contributed by atoms with Crippen LogP contribution in [0.2, 0.25) is 0 Å². The van der Waals surface area contributed by atoms with Crippen LogP contribution in [0.25, 0.3) is 11.3 Å². The molecule has 1 N–H and O–H groups in total. The molecule has 0 atom stereocenters. The van der Waals surface area contributed by atoms with Gasteiger partial charge in [0.05, 0.1) is 10.7 Å². The molecule has 5 rings (SSSR count). The van der Waals surface area contributed by atoms with E-state index in [0.717, 1.165) is 47.8 Å². The van der Waals surface area contributed by atoms with Gasteiger partial charge in [-0.3, -0.25) is 14.6 Å². The number of amides is 1. The van der Waals surface area contributed by atoms with Crippen molar-refractivity contribution in [2.75, 3.05) is 5.32 Å². The van der Waals surface area contributed by atoms with Crippen molar-refractivity contribution in [3.63, 3.8) is 0 Å². The Morgan fingerprint density at radius 3 is 2.51 bits per heavy atom. The lowest BCUT2D eigenvalue weighted by atomic mass is 10.0. The van der Waals surface area contributed by atoms with Gasteiger partial charge in [-0.05, 0) is 94.2 Å². The Morgan fingerprint density at radius 1 is 0.923 bits per heavy atom. The van der Waals surface area contributed by atoms with Crippen molar-refractivity contribution < 1.29 is 9.59 Å². The first-order valence-electron chi connectivity index (χ1n) is 12.5. The molecular weight excluding hydrogens is 617 g/mol. The maximum atomic E-state index is 12.9. The third kappa shape index (κ3) is 7.04. The highest BCUT2D eigenvalue weighted by Gasteiger charge is 2.12. The quantitative estimate of drug-likeness (QED) is 0.171. The standard InChI is InChI=1S/C32H26IN3O2S/c1-21-8-13-27(16-26(21)18-31-36-30(20-39-31)25-6-4-14-34-19-25)35-32(38)23-11-9-22(10-12-23)15-28(37)17-24-5-2-3-7-29(24)33/h2-14,16,19-20H,15,17-18H2,1H3,(H,35,38). The molecule has 0 fully saturated rings. The Balaban J connectivity index is 1.21. The van der Waals surface area contributed by atoms with Gasteiger partial charge in [0.25, 0.3) is 5.91 Å². The second-order valence-electron chi connectivity index (χ2n) is 9.32. The molecule has 3 aromatic carbocycles. The summed E-state index contributed by atoms with van der Waals surface area (Å²) in [5.41, 5.74) is 7.40. The molecular formula is C32H26IN3O2S. The van der Waals surface area contributed by atoms with E-state index in [0.29, 0.717) is 24.8 Å². The first kappa shape index (κ1) is 26.9. The lowest BCUT2D eigenvalue weighted by molar-refractivity contribution is -0.117. The number of carbonyl (C=O) groups excluding carboxylic acids is 2. The van der Waals surface area contributed by atoms with E-state index >= 15 is 0 Å². The number of ketones is 1. The summed E-state index contributed by atoms with van der Waals surface area (Å²) in [7, 11) is 0. The molecule has 7 heteroatoms. The summed E-state index contributed by atoms with van der Waals surface area (Å²) in [6.07, 6.45) is 5.00. The number of Topliss-reactive ketones (excluding diaryl/α,β-unsaturated/α-hetero) is 1. The molecule has 0 aliphatic rings. The van der Waals surface area contributed by atoms with E-state index in [1.807, 2.05) is 78.3 Å². The number of hydrogen-bond donors (Lipinski definition) is 1. The summed E-state index contributed by atoms with van der Waals surface area (Å²) in [5.74, 6) is -0.0362. The Labute approximate surface area is 245 Å². The van der Waals surface area contributed by atoms with E-state index in [2.05, 4.69) is 39.8 Å². The van der Waals surface area contributed by atoms with E-state index in [1.165, 1.54) is 0 Å². The second kappa shape index (κ2) is 12.4. The van der Waals surface area contributed by atoms with Crippen molar-refractivity contribution in [3.8, 4) is 11.3 Å². The number of aryl methyl sites for hydroxylation is 1. The molecule has 0 saturated carbocycles. The van der Waals surface area contributed by atoms with Crippen molar-refractivity contribution in [3.05, 3.63) is 133 Å². The lowest BCUT2D eigenvalue weighted by Gasteiger charge is -2.10. The monoisotopic (exact) mass is 643 g/mol. The first-order chi connectivity index (χ1) is 18.9. The van der Waals surface area contributed by atoms with Gasteiger partial charge in [0.2, 0.25) is 0 Å². The predicted molar refractivity (Wildman–Crippen MR) is 165 cm³/mol. The number of rotatable bonds is 9. The minimum Gasteiger partial charge on any atom is -0.322 e. The summed E-state index contributed by atoms with van der Waals surface area (Å²) < 4.78 is 1.09. The number of aromatic nitrogens is 2. The molecule has 39 heavy (non-hydrogen) atoms. The molecule has 5 nitrogen and oxygen atoms in total. The van der Waals surface area contributed by atoms with Crippen LogP contribution in [0.15, 0.2) is 96.6 Å². The van der Waals surface area contributed by atoms with Crippen LogP contribution in [-0.2, 0) is 24.1 Å². The minimum atomic E-state index is -0.186. The van der Waals surface area contributed by atoms with Crippen LogP contribution in [0.3, 0.4) is 0 Å². The van der Waals surface area contributed by atoms with Gasteiger partial charge in [-0.25, -0.2) is 4.98 Å². The molecule has 0 bridgehead atoms. The first-order valence-corrected chi connectivity index (χ1v) is 14.5. The van der Waals surface area contributed by atoms with Crippen LogP contribution in [0, 0.1) is 10.5 Å². The van der Waals surface area contributed by atoms with Crippen LogP contribution in [0.5, 0.6) is 0 Å². The average molecular weight is 644 g/mol. The Bertz CT molecular complexity index is 1610. The summed E-state index contributed by atoms with van der Waals surface area (Å²) in [6.45, 7) is 2.06. The minimum absolute atomic E-state index is 0.149. The van der Waals surface area contributed by atoms with Gasteiger partial charge < -0.3 is 5.32 Å². The number of halogens is 1. The maximum absolute atomic E-state index is 12.9. The van der Waals surface area contributed by atoms with Crippen molar-refractivity contribution in [1.82, 2.24) is 9.97 Å². The number of pyridine rings is 1. The zero-order chi connectivity index (χ0) is 27.2. The fourth-order valence-corrected chi connectivity index (χ4v) is 5.67. The number of carbonyl (C=O) groups is 2. The van der Waals surface area contributed by atoms with Gasteiger partial charge >= 0.3 is 0 Å². The van der Waals surface area contributed by atoms with Crippen molar-refractivity contribution in [2.45, 2.75) is 26.2 Å². The highest BCUT2D eigenvalue weighted by atomic mass is 127. The molecule has 0 aliphatic carbocycles. The third-order valence-electron chi connectivity index (χ3n) is 6.42. The fourth-order valence-electron chi connectivity index (χ4n) is 4.26. The van der Waals surface area contributed by atoms with Crippen LogP contribution in [0.4, 0.5) is 5.69 Å². The fraction of sp³-hybridized carbons (Fsp3) is 0.125. The smallest absolute Gasteiger partial charge is 0.255 e. The zero-order valence-corrected chi connectivity index (χ0v) is 24.3. The number of nitrogens with one attached hydrogen (secondary N) is 1. The molecule has 2 aromatic heterocycles. The Hall–Kier alpha value is -3.69. The van der Waals surface area contributed by atoms with E-state index in [9.17, 15) is 9.59 Å². The van der Waals surface area contributed by atoms with E-state index < -0.39 is 0 Å². The molecule has 0 saturated heterocycles. The van der Waals surface area contributed by atoms with Crippen LogP contribution >= 0.6 is 33.9 Å². The number of benzene rings is 3. The number of nitrogens with zero attached hydrogens (tertiary/aromatic N) is 2. The number of thiazole rings is 1. The average Bonchev–Trinajstić information content (AvgIpc) is 3.41. The highest BCUT2D eigenvalue weighted by Crippen LogP contribution is 2.25. The van der Waals surface area contributed by atoms with E-state index in [1.54, 1.807) is 29.7 Å². The molecule has 0 aliphatic heterocycles. The summed E-state index contributed by atoms with van der Waals surface area (Å²) in [5, 5.41) is 6.07. The molecule has 0 radical (unpaired) electrons. The molecule has 1 amide bonds. The maximum Gasteiger partial charge on any atom is 0.255 e. The molecule has 2 heterocycles. The van der Waals surface area contributed by atoms with Gasteiger partial charge in [0, 0.05) is 57.4 Å². The van der Waals surface area contributed by atoms with Crippen LogP contribution in [0.1, 0.15) is 37.6 Å². The zero-order valence-electron chi connectivity index (χ0n) is 21.4. The van der Waals surface area contributed by atoms with Gasteiger partial charge in [0.15, 0.2) is 0 Å². The molecule has 5 aromatic rings. The van der Waals surface area contributed by atoms with Crippen molar-refractivity contribution in [1.29, 1.82) is 0 Å². The summed E-state index contributed by atoms with van der Waals surface area (Å²) in [6, 6.07) is 25.0. The highest BCUT2D eigenvalue weighted by molar-refractivity contribution is 14.1. The molecule has 0 unspecified atom stereocenters. The van der Waals surface area contributed by atoms with E-state index in [-0.39, 0.29) is 11.7 Å². The molecule has 0 spiro atoms. The summed E-state index contributed by atoms with van der Waals surface area (Å²) in [4.78, 5) is 34.5. The van der Waals surface area contributed by atoms with Crippen LogP contribution in [-0.4, -0.2) is 21.7 Å². The lowest BCUT2D eigenvalue weighted by Crippen LogP contribution is -2.13.